The summed E-state index contributed by atoms with van der Waals surface area (Å²) in [7, 11) is 0. The zero-order valence-corrected chi connectivity index (χ0v) is 17.3. The highest BCUT2D eigenvalue weighted by Crippen LogP contribution is 2.26. The molecular weight excluding hydrogens is 428 g/mol. The van der Waals surface area contributed by atoms with Crippen molar-refractivity contribution < 1.29 is 14.5 Å². The van der Waals surface area contributed by atoms with Crippen molar-refractivity contribution in [1.29, 1.82) is 0 Å². The Morgan fingerprint density at radius 1 is 1.09 bits per heavy atom. The lowest BCUT2D eigenvalue weighted by Crippen LogP contribution is -2.10. The Labute approximate surface area is 186 Å². The summed E-state index contributed by atoms with van der Waals surface area (Å²) >= 11 is 1.33. The van der Waals surface area contributed by atoms with E-state index in [0.717, 1.165) is 0 Å². The van der Waals surface area contributed by atoms with E-state index >= 15 is 0 Å². The van der Waals surface area contributed by atoms with Crippen LogP contribution >= 0.6 is 11.3 Å². The first-order valence-corrected chi connectivity index (χ1v) is 10.3. The van der Waals surface area contributed by atoms with Gasteiger partial charge in [-0.2, -0.15) is 5.10 Å². The summed E-state index contributed by atoms with van der Waals surface area (Å²) in [6.07, 6.45) is 4.53. The summed E-state index contributed by atoms with van der Waals surface area (Å²) in [5.41, 5.74) is 2.65. The van der Waals surface area contributed by atoms with Gasteiger partial charge in [-0.25, -0.2) is 0 Å². The molecule has 2 aromatic carbocycles. The number of hydrogen-bond donors (Lipinski definition) is 2. The van der Waals surface area contributed by atoms with Crippen molar-refractivity contribution >= 4 is 40.5 Å². The number of rotatable bonds is 7. The van der Waals surface area contributed by atoms with E-state index in [0.29, 0.717) is 32.9 Å². The lowest BCUT2D eigenvalue weighted by molar-refractivity contribution is -0.384. The smallest absolute Gasteiger partial charge is 0.270 e. The third-order valence-electron chi connectivity index (χ3n) is 4.58. The number of nitrogens with zero attached hydrogens (tertiary/aromatic N) is 2. The van der Waals surface area contributed by atoms with Crippen molar-refractivity contribution in [2.45, 2.75) is 0 Å². The zero-order chi connectivity index (χ0) is 22.5. The quantitative estimate of drug-likeness (QED) is 0.176. The molecule has 0 spiro atoms. The Hall–Kier alpha value is -4.37. The zero-order valence-electron chi connectivity index (χ0n) is 16.5. The Balaban J connectivity index is 1.51. The second-order valence-electron chi connectivity index (χ2n) is 6.72. The molecule has 0 aliphatic carbocycles. The topological polar surface area (TPSA) is 118 Å². The molecule has 158 valence electrons. The van der Waals surface area contributed by atoms with Gasteiger partial charge in [0.15, 0.2) is 5.78 Å². The van der Waals surface area contributed by atoms with Crippen molar-refractivity contribution in [3.05, 3.63) is 104 Å². The van der Waals surface area contributed by atoms with Gasteiger partial charge >= 0.3 is 0 Å². The Kier molecular flexibility index (Phi) is 6.00. The normalized spacial score (nSPS) is 10.9. The van der Waals surface area contributed by atoms with Crippen LogP contribution in [0.15, 0.2) is 78.3 Å². The van der Waals surface area contributed by atoms with E-state index < -0.39 is 4.92 Å². The van der Waals surface area contributed by atoms with Crippen molar-refractivity contribution in [2.24, 2.45) is 0 Å². The first-order chi connectivity index (χ1) is 15.5. The molecule has 4 aromatic rings. The predicted molar refractivity (Wildman–Crippen MR) is 123 cm³/mol. The summed E-state index contributed by atoms with van der Waals surface area (Å²) < 4.78 is 0. The number of nitrogens with one attached hydrogen (secondary N) is 2. The molecule has 9 heteroatoms. The number of benzene rings is 2. The van der Waals surface area contributed by atoms with Gasteiger partial charge in [-0.05, 0) is 35.7 Å². The molecule has 0 radical (unpaired) electrons. The first kappa shape index (κ1) is 20.9. The summed E-state index contributed by atoms with van der Waals surface area (Å²) in [5.74, 6) is -0.497. The van der Waals surface area contributed by atoms with E-state index in [9.17, 15) is 19.7 Å². The number of carbonyl (C=O) groups is 2. The predicted octanol–water partition coefficient (Wildman–Crippen LogP) is 5.19. The van der Waals surface area contributed by atoms with Crippen LogP contribution in [-0.4, -0.2) is 26.8 Å². The summed E-state index contributed by atoms with van der Waals surface area (Å²) in [5, 5.41) is 22.4. The van der Waals surface area contributed by atoms with E-state index in [1.165, 1.54) is 35.7 Å². The molecule has 0 unspecified atom stereocenters. The molecular formula is C23H16N4O4S. The number of anilines is 1. The number of amides is 1. The van der Waals surface area contributed by atoms with Crippen LogP contribution in [0.1, 0.15) is 25.6 Å². The summed E-state index contributed by atoms with van der Waals surface area (Å²) in [6, 6.07) is 16.3. The fourth-order valence-electron chi connectivity index (χ4n) is 3.04. The van der Waals surface area contributed by atoms with E-state index in [4.69, 9.17) is 0 Å². The van der Waals surface area contributed by atoms with Gasteiger partial charge < -0.3 is 5.32 Å². The minimum atomic E-state index is -0.469. The van der Waals surface area contributed by atoms with Gasteiger partial charge in [0, 0.05) is 34.5 Å². The Morgan fingerprint density at radius 3 is 2.72 bits per heavy atom. The average Bonchev–Trinajstić information content (AvgIpc) is 3.50. The maximum atomic E-state index is 12.7. The third-order valence-corrected chi connectivity index (χ3v) is 5.45. The molecule has 0 aliphatic rings. The van der Waals surface area contributed by atoms with Crippen LogP contribution in [0.5, 0.6) is 0 Å². The van der Waals surface area contributed by atoms with Crippen LogP contribution in [0.3, 0.4) is 0 Å². The SMILES string of the molecule is O=C(/C=C/c1cn[nH]c1-c1cccc([N+](=O)[O-])c1)c1cccc(NC(=O)c2cccs2)c1. The van der Waals surface area contributed by atoms with Crippen LogP contribution in [0, 0.1) is 10.1 Å². The van der Waals surface area contributed by atoms with Crippen LogP contribution in [0.25, 0.3) is 17.3 Å². The molecule has 32 heavy (non-hydrogen) atoms. The van der Waals surface area contributed by atoms with Crippen LogP contribution in [0.4, 0.5) is 11.4 Å². The molecule has 0 aliphatic heterocycles. The number of nitro benzene ring substituents is 1. The van der Waals surface area contributed by atoms with Crippen molar-refractivity contribution in [2.75, 3.05) is 5.32 Å². The number of aromatic amines is 1. The molecule has 2 N–H and O–H groups in total. The van der Waals surface area contributed by atoms with Gasteiger partial charge in [0.05, 0.1) is 21.7 Å². The number of H-pyrrole nitrogens is 1. The number of hydrogen-bond acceptors (Lipinski definition) is 6. The molecule has 0 bridgehead atoms. The number of aromatic nitrogens is 2. The van der Waals surface area contributed by atoms with E-state index in [1.54, 1.807) is 54.6 Å². The van der Waals surface area contributed by atoms with E-state index in [1.807, 2.05) is 5.38 Å². The fourth-order valence-corrected chi connectivity index (χ4v) is 3.66. The molecule has 0 saturated heterocycles. The summed E-state index contributed by atoms with van der Waals surface area (Å²) in [6.45, 7) is 0. The van der Waals surface area contributed by atoms with Gasteiger partial charge in [0.1, 0.15) is 0 Å². The molecule has 0 fully saturated rings. The fraction of sp³-hybridized carbons (Fsp3) is 0. The van der Waals surface area contributed by atoms with E-state index in [2.05, 4.69) is 15.5 Å². The molecule has 0 saturated carbocycles. The molecule has 0 atom stereocenters. The van der Waals surface area contributed by atoms with Crippen molar-refractivity contribution in [1.82, 2.24) is 10.2 Å². The lowest BCUT2D eigenvalue weighted by atomic mass is 10.1. The largest absolute Gasteiger partial charge is 0.321 e. The van der Waals surface area contributed by atoms with Gasteiger partial charge in [-0.1, -0.05) is 30.3 Å². The molecule has 2 heterocycles. The lowest BCUT2D eigenvalue weighted by Gasteiger charge is -2.05. The number of thiophene rings is 1. The van der Waals surface area contributed by atoms with E-state index in [-0.39, 0.29) is 17.4 Å². The second kappa shape index (κ2) is 9.19. The molecule has 2 aromatic heterocycles. The number of carbonyl (C=O) groups excluding carboxylic acids is 2. The number of nitro groups is 1. The molecule has 1 amide bonds. The standard InChI is InChI=1S/C23H16N4O4S/c28-20(15-4-1-6-18(12-15)25-23(29)21-8-3-11-32-21)10-9-17-14-24-26-22(17)16-5-2-7-19(13-16)27(30)31/h1-14H,(H,24,26)(H,25,29)/b10-9+. The number of allylic oxidation sites excluding steroid dienone is 1. The Morgan fingerprint density at radius 2 is 1.94 bits per heavy atom. The maximum Gasteiger partial charge on any atom is 0.270 e. The van der Waals surface area contributed by atoms with Gasteiger partial charge in [0.2, 0.25) is 0 Å². The van der Waals surface area contributed by atoms with Gasteiger partial charge in [0.25, 0.3) is 11.6 Å². The van der Waals surface area contributed by atoms with Crippen molar-refractivity contribution in [3.8, 4) is 11.3 Å². The monoisotopic (exact) mass is 444 g/mol. The molecule has 4 rings (SSSR count). The van der Waals surface area contributed by atoms with Crippen molar-refractivity contribution in [3.63, 3.8) is 0 Å². The first-order valence-electron chi connectivity index (χ1n) is 9.47. The van der Waals surface area contributed by atoms with Gasteiger partial charge in [-0.3, -0.25) is 24.8 Å². The highest BCUT2D eigenvalue weighted by molar-refractivity contribution is 7.12. The highest BCUT2D eigenvalue weighted by atomic mass is 32.1. The second-order valence-corrected chi connectivity index (χ2v) is 7.67. The minimum Gasteiger partial charge on any atom is -0.321 e. The summed E-state index contributed by atoms with van der Waals surface area (Å²) in [4.78, 5) is 36.0. The third kappa shape index (κ3) is 4.68. The van der Waals surface area contributed by atoms with Crippen LogP contribution < -0.4 is 5.32 Å². The van der Waals surface area contributed by atoms with Gasteiger partial charge in [-0.15, -0.1) is 11.3 Å². The molecule has 8 nitrogen and oxygen atoms in total. The highest BCUT2D eigenvalue weighted by Gasteiger charge is 2.12. The minimum absolute atomic E-state index is 0.0375. The number of non-ortho nitro benzene ring substituents is 1. The van der Waals surface area contributed by atoms with Crippen LogP contribution in [-0.2, 0) is 0 Å². The average molecular weight is 444 g/mol. The number of ketones is 1. The maximum absolute atomic E-state index is 12.7. The Bertz CT molecular complexity index is 1330. The van der Waals surface area contributed by atoms with Crippen LogP contribution in [0.2, 0.25) is 0 Å².